The summed E-state index contributed by atoms with van der Waals surface area (Å²) in [5.41, 5.74) is 8.57. The zero-order valence-corrected chi connectivity index (χ0v) is 16.9. The Bertz CT molecular complexity index is 1300. The van der Waals surface area contributed by atoms with E-state index in [9.17, 15) is 9.59 Å². The van der Waals surface area contributed by atoms with E-state index in [1.54, 1.807) is 29.7 Å². The van der Waals surface area contributed by atoms with Crippen molar-refractivity contribution in [2.45, 2.75) is 19.8 Å². The van der Waals surface area contributed by atoms with E-state index in [1.165, 1.54) is 0 Å². The van der Waals surface area contributed by atoms with Crippen LogP contribution >= 0.6 is 0 Å². The van der Waals surface area contributed by atoms with Crippen molar-refractivity contribution in [2.24, 2.45) is 11.7 Å². The van der Waals surface area contributed by atoms with Crippen LogP contribution in [0.4, 0.5) is 0 Å². The van der Waals surface area contributed by atoms with Crippen LogP contribution in [0.2, 0.25) is 0 Å². The minimum absolute atomic E-state index is 0.104. The number of hydrogen-bond donors (Lipinski definition) is 1. The van der Waals surface area contributed by atoms with Gasteiger partial charge in [-0.3, -0.25) is 9.20 Å². The molecule has 8 heteroatoms. The highest BCUT2D eigenvalue weighted by molar-refractivity contribution is 6.00. The molecule has 0 atom stereocenters. The highest BCUT2D eigenvalue weighted by Crippen LogP contribution is 2.35. The van der Waals surface area contributed by atoms with Gasteiger partial charge in [0.25, 0.3) is 5.91 Å². The molecule has 5 rings (SSSR count). The summed E-state index contributed by atoms with van der Waals surface area (Å²) in [4.78, 5) is 29.1. The molecule has 4 aromatic rings. The van der Waals surface area contributed by atoms with Gasteiger partial charge in [-0.25, -0.2) is 9.78 Å². The molecule has 3 aromatic heterocycles. The predicted octanol–water partition coefficient (Wildman–Crippen LogP) is 3.63. The standard InChI is InChI=1S/C23H20N4O4/c1-13-18(19(26-31-13)15-5-3-2-4-6-15)22-25-20(21(24)28)17-10-9-16(11-27(17)22)23(29)30-12-14-7-8-14/h2-6,9-11,14H,7-8,12H2,1H3,(H2,24,28). The Morgan fingerprint density at radius 3 is 2.68 bits per heavy atom. The lowest BCUT2D eigenvalue weighted by molar-refractivity contribution is 0.0485. The van der Waals surface area contributed by atoms with Crippen LogP contribution in [0.15, 0.2) is 53.2 Å². The van der Waals surface area contributed by atoms with Gasteiger partial charge in [-0.15, -0.1) is 0 Å². The van der Waals surface area contributed by atoms with E-state index in [2.05, 4.69) is 10.1 Å². The fourth-order valence-corrected chi connectivity index (χ4v) is 3.55. The molecule has 0 unspecified atom stereocenters. The van der Waals surface area contributed by atoms with Gasteiger partial charge < -0.3 is 15.0 Å². The maximum atomic E-state index is 12.5. The number of benzene rings is 1. The normalized spacial score (nSPS) is 13.5. The first-order valence-corrected chi connectivity index (χ1v) is 10.0. The quantitative estimate of drug-likeness (QED) is 0.480. The largest absolute Gasteiger partial charge is 0.462 e. The lowest BCUT2D eigenvalue weighted by Crippen LogP contribution is -2.12. The van der Waals surface area contributed by atoms with Gasteiger partial charge in [0.15, 0.2) is 11.5 Å². The van der Waals surface area contributed by atoms with Crippen LogP contribution in [0.25, 0.3) is 28.2 Å². The van der Waals surface area contributed by atoms with Gasteiger partial charge in [0.2, 0.25) is 0 Å². The Balaban J connectivity index is 1.66. The number of rotatable bonds is 6. The third-order valence-corrected chi connectivity index (χ3v) is 5.39. The number of ether oxygens (including phenoxy) is 1. The number of carbonyl (C=O) groups is 2. The van der Waals surface area contributed by atoms with Crippen molar-refractivity contribution in [1.82, 2.24) is 14.5 Å². The molecule has 1 fully saturated rings. The van der Waals surface area contributed by atoms with Crippen LogP contribution in [-0.2, 0) is 4.74 Å². The Morgan fingerprint density at radius 1 is 1.19 bits per heavy atom. The van der Waals surface area contributed by atoms with Crippen molar-refractivity contribution in [3.63, 3.8) is 0 Å². The second-order valence-corrected chi connectivity index (χ2v) is 7.69. The maximum Gasteiger partial charge on any atom is 0.339 e. The highest BCUT2D eigenvalue weighted by atomic mass is 16.5. The molecule has 3 heterocycles. The van der Waals surface area contributed by atoms with Crippen molar-refractivity contribution in [2.75, 3.05) is 6.61 Å². The number of pyridine rings is 1. The number of hydrogen-bond acceptors (Lipinski definition) is 6. The van der Waals surface area contributed by atoms with Crippen molar-refractivity contribution in [3.05, 3.63) is 65.7 Å². The molecule has 8 nitrogen and oxygen atoms in total. The van der Waals surface area contributed by atoms with Crippen LogP contribution < -0.4 is 5.73 Å². The molecule has 0 saturated heterocycles. The molecular formula is C23H20N4O4. The summed E-state index contributed by atoms with van der Waals surface area (Å²) < 4.78 is 12.5. The second-order valence-electron chi connectivity index (χ2n) is 7.69. The van der Waals surface area contributed by atoms with Crippen LogP contribution in [0.1, 0.15) is 39.4 Å². The summed E-state index contributed by atoms with van der Waals surface area (Å²) >= 11 is 0. The molecule has 1 amide bonds. The summed E-state index contributed by atoms with van der Waals surface area (Å²) in [6.45, 7) is 2.19. The molecule has 1 aliphatic rings. The van der Waals surface area contributed by atoms with Gasteiger partial charge in [-0.05, 0) is 37.8 Å². The van der Waals surface area contributed by atoms with Gasteiger partial charge in [0, 0.05) is 11.8 Å². The summed E-state index contributed by atoms with van der Waals surface area (Å²) in [6.07, 6.45) is 3.80. The number of aromatic nitrogens is 3. The molecule has 0 spiro atoms. The zero-order chi connectivity index (χ0) is 21.5. The average molecular weight is 416 g/mol. The monoisotopic (exact) mass is 416 g/mol. The molecule has 31 heavy (non-hydrogen) atoms. The van der Waals surface area contributed by atoms with Crippen LogP contribution in [-0.4, -0.2) is 33.0 Å². The summed E-state index contributed by atoms with van der Waals surface area (Å²) in [5, 5.41) is 4.20. The number of esters is 1. The molecule has 0 bridgehead atoms. The number of nitrogens with zero attached hydrogens (tertiary/aromatic N) is 3. The van der Waals surface area contributed by atoms with E-state index in [1.807, 2.05) is 30.3 Å². The molecule has 1 aliphatic carbocycles. The molecule has 1 saturated carbocycles. The first kappa shape index (κ1) is 19.0. The number of amides is 1. The minimum Gasteiger partial charge on any atom is -0.462 e. The Kier molecular flexibility index (Phi) is 4.54. The van der Waals surface area contributed by atoms with E-state index >= 15 is 0 Å². The van der Waals surface area contributed by atoms with E-state index in [4.69, 9.17) is 15.0 Å². The highest BCUT2D eigenvalue weighted by Gasteiger charge is 2.26. The Hall–Kier alpha value is -3.94. The molecule has 2 N–H and O–H groups in total. The topological polar surface area (TPSA) is 113 Å². The first-order chi connectivity index (χ1) is 15.0. The number of imidazole rings is 1. The van der Waals surface area contributed by atoms with Gasteiger partial charge in [0.05, 0.1) is 23.3 Å². The zero-order valence-electron chi connectivity index (χ0n) is 16.9. The first-order valence-electron chi connectivity index (χ1n) is 10.0. The third kappa shape index (κ3) is 3.46. The van der Waals surface area contributed by atoms with E-state index in [-0.39, 0.29) is 5.69 Å². The number of fused-ring (bicyclic) bond motifs is 1. The number of carbonyl (C=O) groups excluding carboxylic acids is 2. The summed E-state index contributed by atoms with van der Waals surface area (Å²) in [6, 6.07) is 12.8. The molecule has 0 radical (unpaired) electrons. The SMILES string of the molecule is Cc1onc(-c2ccccc2)c1-c1nc(C(N)=O)c2ccc(C(=O)OCC3CC3)cn12. The average Bonchev–Trinajstić information content (AvgIpc) is 3.43. The molecule has 1 aromatic carbocycles. The lowest BCUT2D eigenvalue weighted by atomic mass is 10.1. The van der Waals surface area contributed by atoms with E-state index < -0.39 is 11.9 Å². The van der Waals surface area contributed by atoms with Gasteiger partial charge in [0.1, 0.15) is 11.5 Å². The third-order valence-electron chi connectivity index (χ3n) is 5.39. The van der Waals surface area contributed by atoms with Gasteiger partial charge >= 0.3 is 5.97 Å². The van der Waals surface area contributed by atoms with Gasteiger partial charge in [-0.2, -0.15) is 0 Å². The van der Waals surface area contributed by atoms with Crippen molar-refractivity contribution >= 4 is 17.4 Å². The fraction of sp³-hybridized carbons (Fsp3) is 0.217. The molecular weight excluding hydrogens is 396 g/mol. The minimum atomic E-state index is -0.664. The number of nitrogens with two attached hydrogens (primary N) is 1. The van der Waals surface area contributed by atoms with Crippen LogP contribution in [0.5, 0.6) is 0 Å². The number of aryl methyl sites for hydroxylation is 1. The second kappa shape index (κ2) is 7.39. The summed E-state index contributed by atoms with van der Waals surface area (Å²) in [5.74, 6) is 0.329. The van der Waals surface area contributed by atoms with Crippen molar-refractivity contribution in [3.8, 4) is 22.6 Å². The maximum absolute atomic E-state index is 12.5. The van der Waals surface area contributed by atoms with E-state index in [0.717, 1.165) is 18.4 Å². The lowest BCUT2D eigenvalue weighted by Gasteiger charge is -2.07. The predicted molar refractivity (Wildman–Crippen MR) is 112 cm³/mol. The molecule has 156 valence electrons. The molecule has 0 aliphatic heterocycles. The summed E-state index contributed by atoms with van der Waals surface area (Å²) in [7, 11) is 0. The smallest absolute Gasteiger partial charge is 0.339 e. The van der Waals surface area contributed by atoms with Gasteiger partial charge in [-0.1, -0.05) is 35.5 Å². The van der Waals surface area contributed by atoms with Crippen LogP contribution in [0.3, 0.4) is 0 Å². The number of primary amides is 1. The van der Waals surface area contributed by atoms with Crippen molar-refractivity contribution < 1.29 is 18.8 Å². The Morgan fingerprint density at radius 2 is 1.97 bits per heavy atom. The van der Waals surface area contributed by atoms with Crippen LogP contribution in [0, 0.1) is 12.8 Å². The van der Waals surface area contributed by atoms with Crippen molar-refractivity contribution in [1.29, 1.82) is 0 Å². The fourth-order valence-electron chi connectivity index (χ4n) is 3.55. The Labute approximate surface area is 177 Å². The van der Waals surface area contributed by atoms with E-state index in [0.29, 0.717) is 46.4 Å².